The van der Waals surface area contributed by atoms with Gasteiger partial charge in [0.1, 0.15) is 17.8 Å². The lowest BCUT2D eigenvalue weighted by Gasteiger charge is -2.22. The third kappa shape index (κ3) is 4.40. The van der Waals surface area contributed by atoms with Crippen molar-refractivity contribution in [3.8, 4) is 5.75 Å². The maximum atomic E-state index is 12.9. The van der Waals surface area contributed by atoms with Gasteiger partial charge in [-0.2, -0.15) is 8.78 Å². The van der Waals surface area contributed by atoms with Gasteiger partial charge in [0.25, 0.3) is 5.91 Å². The third-order valence-corrected chi connectivity index (χ3v) is 4.88. The lowest BCUT2D eigenvalue weighted by Crippen LogP contribution is -2.42. The van der Waals surface area contributed by atoms with Crippen molar-refractivity contribution in [3.05, 3.63) is 59.7 Å². The van der Waals surface area contributed by atoms with E-state index in [1.807, 2.05) is 19.1 Å². The van der Waals surface area contributed by atoms with Crippen molar-refractivity contribution >= 4 is 23.5 Å². The van der Waals surface area contributed by atoms with E-state index in [0.29, 0.717) is 11.3 Å². The third-order valence-electron chi connectivity index (χ3n) is 4.88. The molecule has 0 aliphatic carbocycles. The minimum atomic E-state index is -2.97. The number of carbonyl (C=O) groups excluding carboxylic acids is 3. The highest BCUT2D eigenvalue weighted by atomic mass is 19.3. The van der Waals surface area contributed by atoms with Gasteiger partial charge in [-0.05, 0) is 48.7 Å². The summed E-state index contributed by atoms with van der Waals surface area (Å²) < 4.78 is 28.9. The highest BCUT2D eigenvalue weighted by molar-refractivity contribution is 6.10. The zero-order chi connectivity index (χ0) is 21.9. The molecule has 0 radical (unpaired) electrons. The first kappa shape index (κ1) is 21.2. The topological polar surface area (TPSA) is 87.7 Å². The number of anilines is 1. The molecular weight excluding hydrogens is 396 g/mol. The average Bonchev–Trinajstić information content (AvgIpc) is 2.92. The van der Waals surface area contributed by atoms with E-state index < -0.39 is 36.5 Å². The number of halogens is 2. The summed E-state index contributed by atoms with van der Waals surface area (Å²) >= 11 is 0. The molecule has 2 aromatic carbocycles. The molecule has 9 heteroatoms. The first-order valence-electron chi connectivity index (χ1n) is 9.31. The van der Waals surface area contributed by atoms with Gasteiger partial charge in [-0.15, -0.1) is 0 Å². The summed E-state index contributed by atoms with van der Waals surface area (Å²) in [4.78, 5) is 38.4. The van der Waals surface area contributed by atoms with E-state index in [0.717, 1.165) is 16.9 Å². The Balaban J connectivity index is 1.69. The molecule has 158 valence electrons. The van der Waals surface area contributed by atoms with E-state index in [9.17, 15) is 23.2 Å². The standard InChI is InChI=1S/C21H21F2N3O4/c1-3-13-4-8-15(9-5-13)24-17(27)12-26-18(28)21(2,25-20(26)29)14-6-10-16(11-7-14)30-19(22)23/h4-11,19H,3,12H2,1-2H3,(H,24,27)(H,25,29)/t21-/m0/s1. The van der Waals surface area contributed by atoms with Crippen LogP contribution in [0.3, 0.4) is 0 Å². The second kappa shape index (κ2) is 8.48. The number of hydrogen-bond donors (Lipinski definition) is 2. The smallest absolute Gasteiger partial charge is 0.387 e. The van der Waals surface area contributed by atoms with Gasteiger partial charge in [-0.1, -0.05) is 31.2 Å². The lowest BCUT2D eigenvalue weighted by atomic mass is 9.92. The number of benzene rings is 2. The van der Waals surface area contributed by atoms with Crippen molar-refractivity contribution in [3.63, 3.8) is 0 Å². The van der Waals surface area contributed by atoms with E-state index in [-0.39, 0.29) is 5.75 Å². The van der Waals surface area contributed by atoms with Crippen LogP contribution in [0.5, 0.6) is 5.75 Å². The summed E-state index contributed by atoms with van der Waals surface area (Å²) in [7, 11) is 0. The lowest BCUT2D eigenvalue weighted by molar-refractivity contribution is -0.133. The highest BCUT2D eigenvalue weighted by Crippen LogP contribution is 2.30. The molecule has 0 bridgehead atoms. The van der Waals surface area contributed by atoms with Crippen LogP contribution in [0.15, 0.2) is 48.5 Å². The first-order chi connectivity index (χ1) is 14.2. The van der Waals surface area contributed by atoms with Gasteiger partial charge in [-0.25, -0.2) is 4.79 Å². The number of ether oxygens (including phenoxy) is 1. The van der Waals surface area contributed by atoms with Crippen LogP contribution in [0.4, 0.5) is 19.3 Å². The highest BCUT2D eigenvalue weighted by Gasteiger charge is 2.49. The van der Waals surface area contributed by atoms with E-state index in [1.54, 1.807) is 12.1 Å². The van der Waals surface area contributed by atoms with Gasteiger partial charge in [0.15, 0.2) is 0 Å². The fraction of sp³-hybridized carbons (Fsp3) is 0.286. The van der Waals surface area contributed by atoms with Crippen LogP contribution in [0.25, 0.3) is 0 Å². The van der Waals surface area contributed by atoms with Gasteiger partial charge in [0, 0.05) is 5.69 Å². The molecule has 2 N–H and O–H groups in total. The van der Waals surface area contributed by atoms with E-state index in [1.165, 1.54) is 31.2 Å². The molecule has 0 aromatic heterocycles. The van der Waals surface area contributed by atoms with E-state index in [4.69, 9.17) is 0 Å². The summed E-state index contributed by atoms with van der Waals surface area (Å²) in [5.41, 5.74) is 0.619. The minimum absolute atomic E-state index is 0.0700. The van der Waals surface area contributed by atoms with Crippen LogP contribution >= 0.6 is 0 Å². The summed E-state index contributed by atoms with van der Waals surface area (Å²) in [5, 5.41) is 5.21. The van der Waals surface area contributed by atoms with E-state index in [2.05, 4.69) is 15.4 Å². The van der Waals surface area contributed by atoms with Crippen molar-refractivity contribution in [2.75, 3.05) is 11.9 Å². The number of amides is 4. The number of nitrogens with one attached hydrogen (secondary N) is 2. The van der Waals surface area contributed by atoms with Crippen LogP contribution in [-0.2, 0) is 21.5 Å². The molecule has 1 atom stereocenters. The van der Waals surface area contributed by atoms with Crippen molar-refractivity contribution < 1.29 is 27.9 Å². The molecule has 30 heavy (non-hydrogen) atoms. The molecule has 7 nitrogen and oxygen atoms in total. The van der Waals surface area contributed by atoms with Gasteiger partial charge in [-0.3, -0.25) is 14.5 Å². The largest absolute Gasteiger partial charge is 0.435 e. The van der Waals surface area contributed by atoms with Crippen LogP contribution in [0, 0.1) is 0 Å². The number of alkyl halides is 2. The second-order valence-corrected chi connectivity index (χ2v) is 6.95. The summed E-state index contributed by atoms with van der Waals surface area (Å²) in [6.45, 7) is 0.0769. The van der Waals surface area contributed by atoms with Gasteiger partial charge in [0.05, 0.1) is 0 Å². The molecule has 1 heterocycles. The maximum absolute atomic E-state index is 12.9. The predicted molar refractivity (Wildman–Crippen MR) is 105 cm³/mol. The monoisotopic (exact) mass is 417 g/mol. The number of carbonyl (C=O) groups is 3. The van der Waals surface area contributed by atoms with Crippen molar-refractivity contribution in [1.29, 1.82) is 0 Å². The number of rotatable bonds is 7. The van der Waals surface area contributed by atoms with Gasteiger partial charge in [0.2, 0.25) is 5.91 Å². The Morgan fingerprint density at radius 3 is 2.33 bits per heavy atom. The van der Waals surface area contributed by atoms with Crippen LogP contribution in [0.1, 0.15) is 25.0 Å². The molecule has 4 amide bonds. The van der Waals surface area contributed by atoms with Gasteiger partial charge < -0.3 is 15.4 Å². The zero-order valence-corrected chi connectivity index (χ0v) is 16.4. The Labute approximate surface area is 172 Å². The number of nitrogens with zero attached hydrogens (tertiary/aromatic N) is 1. The van der Waals surface area contributed by atoms with Crippen LogP contribution < -0.4 is 15.4 Å². The zero-order valence-electron chi connectivity index (χ0n) is 16.4. The fourth-order valence-corrected chi connectivity index (χ4v) is 3.17. The molecule has 1 aliphatic heterocycles. The normalized spacial score (nSPS) is 18.5. The maximum Gasteiger partial charge on any atom is 0.387 e. The Hall–Kier alpha value is -3.49. The molecule has 3 rings (SSSR count). The van der Waals surface area contributed by atoms with Crippen LogP contribution in [0.2, 0.25) is 0 Å². The fourth-order valence-electron chi connectivity index (χ4n) is 3.17. The summed E-state index contributed by atoms with van der Waals surface area (Å²) in [6, 6.07) is 11.9. The Morgan fingerprint density at radius 1 is 1.13 bits per heavy atom. The van der Waals surface area contributed by atoms with Crippen molar-refractivity contribution in [1.82, 2.24) is 10.2 Å². The average molecular weight is 417 g/mol. The Morgan fingerprint density at radius 2 is 1.77 bits per heavy atom. The first-order valence-corrected chi connectivity index (χ1v) is 9.31. The van der Waals surface area contributed by atoms with Crippen LogP contribution in [-0.4, -0.2) is 35.9 Å². The molecule has 0 unspecified atom stereocenters. The van der Waals surface area contributed by atoms with Crippen molar-refractivity contribution in [2.24, 2.45) is 0 Å². The predicted octanol–water partition coefficient (Wildman–Crippen LogP) is 3.26. The number of aryl methyl sites for hydroxylation is 1. The van der Waals surface area contributed by atoms with E-state index >= 15 is 0 Å². The number of hydrogen-bond acceptors (Lipinski definition) is 4. The Bertz CT molecular complexity index is 948. The molecule has 1 fully saturated rings. The molecule has 2 aromatic rings. The minimum Gasteiger partial charge on any atom is -0.435 e. The number of imide groups is 1. The SMILES string of the molecule is CCc1ccc(NC(=O)CN2C(=O)N[C@@](C)(c3ccc(OC(F)F)cc3)C2=O)cc1. The van der Waals surface area contributed by atoms with Gasteiger partial charge >= 0.3 is 12.6 Å². The molecule has 1 aliphatic rings. The molecular formula is C21H21F2N3O4. The molecule has 0 saturated carbocycles. The summed E-state index contributed by atoms with van der Waals surface area (Å²) in [6.07, 6.45) is 0.866. The second-order valence-electron chi connectivity index (χ2n) is 6.95. The molecule has 1 saturated heterocycles. The number of urea groups is 1. The quantitative estimate of drug-likeness (QED) is 0.677. The summed E-state index contributed by atoms with van der Waals surface area (Å²) in [5.74, 6) is -1.21. The molecule has 0 spiro atoms. The van der Waals surface area contributed by atoms with Crippen molar-refractivity contribution in [2.45, 2.75) is 32.4 Å². The Kier molecular flexibility index (Phi) is 6.00.